The van der Waals surface area contributed by atoms with Gasteiger partial charge in [-0.15, -0.1) is 0 Å². The van der Waals surface area contributed by atoms with E-state index in [9.17, 15) is 0 Å². The minimum atomic E-state index is -0.126. The molecule has 0 saturated carbocycles. The zero-order valence-electron chi connectivity index (χ0n) is 16.1. The first-order valence-electron chi connectivity index (χ1n) is 10.1. The predicted molar refractivity (Wildman–Crippen MR) is 116 cm³/mol. The molecule has 28 heavy (non-hydrogen) atoms. The van der Waals surface area contributed by atoms with Gasteiger partial charge in [-0.25, -0.2) is 0 Å². The van der Waals surface area contributed by atoms with Crippen molar-refractivity contribution in [1.29, 1.82) is 0 Å². The Bertz CT molecular complexity index is 932. The van der Waals surface area contributed by atoms with Crippen molar-refractivity contribution in [1.82, 2.24) is 0 Å². The number of rotatable bonds is 3. The largest absolute Gasteiger partial charge is 0.378 e. The Morgan fingerprint density at radius 3 is 2.04 bits per heavy atom. The fourth-order valence-corrected chi connectivity index (χ4v) is 4.55. The molecule has 2 nitrogen and oxygen atoms in total. The quantitative estimate of drug-likeness (QED) is 0.640. The first kappa shape index (κ1) is 17.3. The third-order valence-corrected chi connectivity index (χ3v) is 6.10. The molecule has 0 N–H and O–H groups in total. The van der Waals surface area contributed by atoms with Gasteiger partial charge in [0.05, 0.1) is 13.2 Å². The number of morpholine rings is 1. The first-order chi connectivity index (χ1) is 13.9. The van der Waals surface area contributed by atoms with Crippen molar-refractivity contribution in [2.75, 3.05) is 31.2 Å². The lowest BCUT2D eigenvalue weighted by molar-refractivity contribution is 0.122. The number of nitrogens with zero attached hydrogens (tertiary/aromatic N) is 1. The highest BCUT2D eigenvalue weighted by Gasteiger charge is 2.34. The number of benzene rings is 3. The molecule has 1 saturated heterocycles. The maximum absolute atomic E-state index is 5.53. The lowest BCUT2D eigenvalue weighted by Crippen LogP contribution is -2.36. The minimum Gasteiger partial charge on any atom is -0.378 e. The molecule has 3 aromatic carbocycles. The number of ether oxygens (including phenoxy) is 1. The first-order valence-corrected chi connectivity index (χ1v) is 10.1. The van der Waals surface area contributed by atoms with Crippen LogP contribution in [0.4, 0.5) is 5.69 Å². The molecule has 1 fully saturated rings. The van der Waals surface area contributed by atoms with Crippen LogP contribution < -0.4 is 4.90 Å². The van der Waals surface area contributed by atoms with Gasteiger partial charge in [0.2, 0.25) is 0 Å². The molecule has 0 bridgehead atoms. The summed E-state index contributed by atoms with van der Waals surface area (Å²) < 4.78 is 5.53. The Hall–Kier alpha value is -2.84. The van der Waals surface area contributed by atoms with E-state index < -0.39 is 0 Å². The Morgan fingerprint density at radius 2 is 1.39 bits per heavy atom. The molecule has 140 valence electrons. The van der Waals surface area contributed by atoms with E-state index in [0.717, 1.165) is 32.7 Å². The van der Waals surface area contributed by atoms with E-state index in [2.05, 4.69) is 95.9 Å². The van der Waals surface area contributed by atoms with Crippen LogP contribution in [0.3, 0.4) is 0 Å². The fraction of sp³-hybridized carbons (Fsp3) is 0.231. The standard InChI is InChI=1S/C26H25NO/c1-3-7-23(8-4-1)26(24-9-5-2-6-10-24)14-13-21-11-12-25(19-22(21)20-26)27-15-17-28-18-16-27/h1-14,19H,15-18,20H2. The molecule has 0 atom stereocenters. The number of hydrogen-bond acceptors (Lipinski definition) is 2. The monoisotopic (exact) mass is 367 g/mol. The van der Waals surface area contributed by atoms with Crippen molar-refractivity contribution in [3.8, 4) is 0 Å². The van der Waals surface area contributed by atoms with Gasteiger partial charge >= 0.3 is 0 Å². The smallest absolute Gasteiger partial charge is 0.0642 e. The van der Waals surface area contributed by atoms with Gasteiger partial charge in [0.25, 0.3) is 0 Å². The van der Waals surface area contributed by atoms with E-state index in [-0.39, 0.29) is 5.41 Å². The fourth-order valence-electron chi connectivity index (χ4n) is 4.55. The zero-order chi connectivity index (χ0) is 18.8. The van der Waals surface area contributed by atoms with Gasteiger partial charge in [0.1, 0.15) is 0 Å². The van der Waals surface area contributed by atoms with Crippen LogP contribution in [-0.2, 0) is 16.6 Å². The van der Waals surface area contributed by atoms with Crippen LogP contribution in [-0.4, -0.2) is 26.3 Å². The Kier molecular flexibility index (Phi) is 4.50. The summed E-state index contributed by atoms with van der Waals surface area (Å²) in [5.74, 6) is 0. The van der Waals surface area contributed by atoms with Crippen molar-refractivity contribution in [3.05, 3.63) is 107 Å². The number of fused-ring (bicyclic) bond motifs is 1. The third kappa shape index (κ3) is 3.04. The second-order valence-corrected chi connectivity index (χ2v) is 7.70. The van der Waals surface area contributed by atoms with Gasteiger partial charge in [0.15, 0.2) is 0 Å². The second kappa shape index (κ2) is 7.29. The van der Waals surface area contributed by atoms with Gasteiger partial charge in [0, 0.05) is 24.2 Å². The van der Waals surface area contributed by atoms with Crippen LogP contribution in [0.2, 0.25) is 0 Å². The van der Waals surface area contributed by atoms with Gasteiger partial charge in [-0.3, -0.25) is 0 Å². The van der Waals surface area contributed by atoms with Crippen LogP contribution in [0.15, 0.2) is 84.9 Å². The average molecular weight is 367 g/mol. The summed E-state index contributed by atoms with van der Waals surface area (Å²) in [6.45, 7) is 3.57. The highest BCUT2D eigenvalue weighted by Crippen LogP contribution is 2.42. The highest BCUT2D eigenvalue weighted by atomic mass is 16.5. The summed E-state index contributed by atoms with van der Waals surface area (Å²) in [5.41, 5.74) is 6.63. The van der Waals surface area contributed by atoms with Crippen LogP contribution in [0.25, 0.3) is 6.08 Å². The molecule has 0 spiro atoms. The van der Waals surface area contributed by atoms with Crippen LogP contribution in [0.5, 0.6) is 0 Å². The topological polar surface area (TPSA) is 12.5 Å². The SMILES string of the molecule is C1=CC(c2ccccc2)(c2ccccc2)Cc2cc(N3CCOCC3)ccc21. The number of anilines is 1. The van der Waals surface area contributed by atoms with Crippen LogP contribution >= 0.6 is 0 Å². The lowest BCUT2D eigenvalue weighted by atomic mass is 9.67. The summed E-state index contributed by atoms with van der Waals surface area (Å²) in [4.78, 5) is 2.44. The van der Waals surface area contributed by atoms with Gasteiger partial charge in [-0.1, -0.05) is 78.9 Å². The van der Waals surface area contributed by atoms with Crippen molar-refractivity contribution in [2.45, 2.75) is 11.8 Å². The van der Waals surface area contributed by atoms with E-state index in [1.807, 2.05) is 0 Å². The molecular formula is C26H25NO. The number of hydrogen-bond donors (Lipinski definition) is 0. The maximum Gasteiger partial charge on any atom is 0.0642 e. The normalized spacial score (nSPS) is 17.9. The van der Waals surface area contributed by atoms with Crippen molar-refractivity contribution >= 4 is 11.8 Å². The van der Waals surface area contributed by atoms with Gasteiger partial charge < -0.3 is 9.64 Å². The molecule has 2 aliphatic rings. The number of allylic oxidation sites excluding steroid dienone is 1. The second-order valence-electron chi connectivity index (χ2n) is 7.70. The van der Waals surface area contributed by atoms with Gasteiger partial charge in [-0.2, -0.15) is 0 Å². The van der Waals surface area contributed by atoms with Gasteiger partial charge in [-0.05, 0) is 40.8 Å². The van der Waals surface area contributed by atoms with E-state index in [1.165, 1.54) is 27.9 Å². The summed E-state index contributed by atoms with van der Waals surface area (Å²) >= 11 is 0. The minimum absolute atomic E-state index is 0.126. The maximum atomic E-state index is 5.53. The molecule has 0 amide bonds. The summed E-state index contributed by atoms with van der Waals surface area (Å²) in [6, 6.07) is 28.7. The van der Waals surface area contributed by atoms with Crippen molar-refractivity contribution in [2.24, 2.45) is 0 Å². The molecule has 0 radical (unpaired) electrons. The van der Waals surface area contributed by atoms with Crippen molar-refractivity contribution in [3.63, 3.8) is 0 Å². The summed E-state index contributed by atoms with van der Waals surface area (Å²) in [5, 5.41) is 0. The van der Waals surface area contributed by atoms with E-state index in [0.29, 0.717) is 0 Å². The predicted octanol–water partition coefficient (Wildman–Crippen LogP) is 5.08. The molecule has 1 aliphatic carbocycles. The molecular weight excluding hydrogens is 342 g/mol. The Morgan fingerprint density at radius 1 is 0.750 bits per heavy atom. The van der Waals surface area contributed by atoms with E-state index >= 15 is 0 Å². The summed E-state index contributed by atoms with van der Waals surface area (Å²) in [6.07, 6.45) is 5.68. The molecule has 0 unspecified atom stereocenters. The Balaban J connectivity index is 1.59. The summed E-state index contributed by atoms with van der Waals surface area (Å²) in [7, 11) is 0. The van der Waals surface area contributed by atoms with Crippen LogP contribution in [0.1, 0.15) is 22.3 Å². The Labute approximate surface area is 167 Å². The third-order valence-electron chi connectivity index (χ3n) is 6.10. The molecule has 5 rings (SSSR count). The highest BCUT2D eigenvalue weighted by molar-refractivity contribution is 5.67. The molecule has 1 aliphatic heterocycles. The zero-order valence-corrected chi connectivity index (χ0v) is 16.1. The molecule has 1 heterocycles. The van der Waals surface area contributed by atoms with E-state index in [4.69, 9.17) is 4.74 Å². The average Bonchev–Trinajstić information content (AvgIpc) is 2.80. The van der Waals surface area contributed by atoms with Crippen LogP contribution in [0, 0.1) is 0 Å². The van der Waals surface area contributed by atoms with Crippen molar-refractivity contribution < 1.29 is 4.74 Å². The molecule has 3 aromatic rings. The lowest BCUT2D eigenvalue weighted by Gasteiger charge is -2.36. The molecule has 0 aromatic heterocycles. The molecule has 2 heteroatoms. The van der Waals surface area contributed by atoms with E-state index in [1.54, 1.807) is 0 Å².